The van der Waals surface area contributed by atoms with Crippen LogP contribution >= 0.6 is 0 Å². The maximum absolute atomic E-state index is 13.1. The standard InChI is InChI=1S/C25H22N4O4/c1-17-7-3-4-8-20(17)24(15-25(30)18-11-13-19(33-2)14-12-18)28-26-16-22(27-28)21-9-5-6-10-23(21)29(31)32/h3-14,16,24H,15H2,1-2H3. The minimum atomic E-state index is -0.475. The fourth-order valence-electron chi connectivity index (χ4n) is 3.75. The van der Waals surface area contributed by atoms with Crippen molar-refractivity contribution in [1.29, 1.82) is 0 Å². The lowest BCUT2D eigenvalue weighted by atomic mass is 9.95. The lowest BCUT2D eigenvalue weighted by Crippen LogP contribution is -2.19. The SMILES string of the molecule is COc1ccc(C(=O)CC(c2ccccc2C)n2ncc(-c3ccccc3[N+](=O)[O-])n2)cc1. The van der Waals surface area contributed by atoms with Gasteiger partial charge in [-0.2, -0.15) is 15.0 Å². The minimum Gasteiger partial charge on any atom is -0.497 e. The quantitative estimate of drug-likeness (QED) is 0.215. The van der Waals surface area contributed by atoms with Gasteiger partial charge in [0.1, 0.15) is 17.5 Å². The molecule has 0 aliphatic rings. The minimum absolute atomic E-state index is 0.0497. The summed E-state index contributed by atoms with van der Waals surface area (Å²) in [6.07, 6.45) is 1.62. The number of nitro groups is 1. The Bertz CT molecular complexity index is 1300. The molecule has 0 bridgehead atoms. The number of rotatable bonds is 8. The number of hydrogen-bond donors (Lipinski definition) is 0. The summed E-state index contributed by atoms with van der Waals surface area (Å²) >= 11 is 0. The van der Waals surface area contributed by atoms with Crippen molar-refractivity contribution in [2.24, 2.45) is 0 Å². The van der Waals surface area contributed by atoms with Crippen LogP contribution in [0.15, 0.2) is 79.0 Å². The van der Waals surface area contributed by atoms with Crippen LogP contribution in [0, 0.1) is 17.0 Å². The van der Waals surface area contributed by atoms with E-state index in [1.165, 1.54) is 17.1 Å². The van der Waals surface area contributed by atoms with Gasteiger partial charge in [0.25, 0.3) is 5.69 Å². The molecule has 1 aromatic heterocycles. The molecule has 0 N–H and O–H groups in total. The van der Waals surface area contributed by atoms with Gasteiger partial charge in [-0.3, -0.25) is 14.9 Å². The van der Waals surface area contributed by atoms with Crippen LogP contribution in [-0.4, -0.2) is 32.8 Å². The zero-order valence-corrected chi connectivity index (χ0v) is 18.2. The zero-order valence-electron chi connectivity index (χ0n) is 18.2. The monoisotopic (exact) mass is 442 g/mol. The molecule has 166 valence electrons. The molecule has 0 aliphatic carbocycles. The van der Waals surface area contributed by atoms with Crippen molar-refractivity contribution in [3.63, 3.8) is 0 Å². The van der Waals surface area contributed by atoms with Crippen molar-refractivity contribution >= 4 is 11.5 Å². The van der Waals surface area contributed by atoms with Crippen LogP contribution in [0.4, 0.5) is 5.69 Å². The van der Waals surface area contributed by atoms with Gasteiger partial charge < -0.3 is 4.74 Å². The van der Waals surface area contributed by atoms with E-state index < -0.39 is 11.0 Å². The molecule has 33 heavy (non-hydrogen) atoms. The number of para-hydroxylation sites is 1. The first-order valence-electron chi connectivity index (χ1n) is 10.4. The van der Waals surface area contributed by atoms with E-state index in [1.54, 1.807) is 49.6 Å². The molecular weight excluding hydrogens is 420 g/mol. The predicted octanol–water partition coefficient (Wildman–Crippen LogP) is 5.03. The largest absolute Gasteiger partial charge is 0.497 e. The van der Waals surface area contributed by atoms with Crippen LogP contribution in [0.25, 0.3) is 11.3 Å². The molecule has 0 saturated heterocycles. The molecule has 1 atom stereocenters. The molecule has 3 aromatic carbocycles. The van der Waals surface area contributed by atoms with Crippen molar-refractivity contribution in [2.45, 2.75) is 19.4 Å². The van der Waals surface area contributed by atoms with Gasteiger partial charge in [-0.1, -0.05) is 36.4 Å². The molecule has 0 radical (unpaired) electrons. The Hall–Kier alpha value is -4.33. The number of carbonyl (C=O) groups is 1. The molecule has 0 saturated carbocycles. The summed E-state index contributed by atoms with van der Waals surface area (Å²) in [6, 6.07) is 20.6. The highest BCUT2D eigenvalue weighted by Gasteiger charge is 2.24. The molecule has 4 aromatic rings. The second-order valence-corrected chi connectivity index (χ2v) is 7.55. The summed E-state index contributed by atoms with van der Waals surface area (Å²) in [5.74, 6) is 0.597. The van der Waals surface area contributed by atoms with Crippen molar-refractivity contribution < 1.29 is 14.5 Å². The molecule has 0 fully saturated rings. The Morgan fingerprint density at radius 1 is 1.06 bits per heavy atom. The maximum atomic E-state index is 13.1. The number of benzene rings is 3. The summed E-state index contributed by atoms with van der Waals surface area (Å²) in [4.78, 5) is 25.6. The highest BCUT2D eigenvalue weighted by Crippen LogP contribution is 2.30. The molecule has 8 nitrogen and oxygen atoms in total. The van der Waals surface area contributed by atoms with Crippen molar-refractivity contribution in [3.05, 3.63) is 106 Å². The Morgan fingerprint density at radius 2 is 1.76 bits per heavy atom. The Balaban J connectivity index is 1.72. The van der Waals surface area contributed by atoms with Crippen LogP contribution in [0.3, 0.4) is 0 Å². The number of hydrogen-bond acceptors (Lipinski definition) is 6. The van der Waals surface area contributed by atoms with Gasteiger partial charge in [0.15, 0.2) is 5.78 Å². The maximum Gasteiger partial charge on any atom is 0.278 e. The first-order chi connectivity index (χ1) is 16.0. The van der Waals surface area contributed by atoms with Gasteiger partial charge in [-0.05, 0) is 48.4 Å². The van der Waals surface area contributed by atoms with E-state index in [0.29, 0.717) is 22.6 Å². The zero-order chi connectivity index (χ0) is 23.4. The van der Waals surface area contributed by atoms with Crippen molar-refractivity contribution in [1.82, 2.24) is 15.0 Å². The number of nitro benzene ring substituents is 1. The molecule has 0 aliphatic heterocycles. The van der Waals surface area contributed by atoms with Gasteiger partial charge >= 0.3 is 0 Å². The van der Waals surface area contributed by atoms with Crippen LogP contribution < -0.4 is 4.74 Å². The number of methoxy groups -OCH3 is 1. The first kappa shape index (κ1) is 21.9. The molecule has 0 amide bonds. The van der Waals surface area contributed by atoms with Crippen LogP contribution in [0.5, 0.6) is 5.75 Å². The van der Waals surface area contributed by atoms with E-state index in [4.69, 9.17) is 4.74 Å². The number of ether oxygens (including phenoxy) is 1. The number of carbonyl (C=O) groups excluding carboxylic acids is 1. The molecule has 8 heteroatoms. The summed E-state index contributed by atoms with van der Waals surface area (Å²) in [6.45, 7) is 1.96. The van der Waals surface area contributed by atoms with Crippen LogP contribution in [-0.2, 0) is 0 Å². The molecule has 1 heterocycles. The Kier molecular flexibility index (Phi) is 6.26. The van der Waals surface area contributed by atoms with Gasteiger partial charge in [0.05, 0.1) is 23.8 Å². The third-order valence-corrected chi connectivity index (χ3v) is 5.50. The van der Waals surface area contributed by atoms with E-state index in [1.807, 2.05) is 31.2 Å². The van der Waals surface area contributed by atoms with Crippen LogP contribution in [0.1, 0.15) is 33.9 Å². The van der Waals surface area contributed by atoms with E-state index in [9.17, 15) is 14.9 Å². The topological polar surface area (TPSA) is 100 Å². The summed E-state index contributed by atoms with van der Waals surface area (Å²) in [5.41, 5.74) is 3.15. The van der Waals surface area contributed by atoms with E-state index in [0.717, 1.165) is 11.1 Å². The second-order valence-electron chi connectivity index (χ2n) is 7.55. The van der Waals surface area contributed by atoms with E-state index >= 15 is 0 Å². The first-order valence-corrected chi connectivity index (χ1v) is 10.4. The molecular formula is C25H22N4O4. The number of ketones is 1. The average molecular weight is 442 g/mol. The van der Waals surface area contributed by atoms with Crippen LogP contribution in [0.2, 0.25) is 0 Å². The number of nitrogens with zero attached hydrogens (tertiary/aromatic N) is 4. The Morgan fingerprint density at radius 3 is 2.45 bits per heavy atom. The van der Waals surface area contributed by atoms with Gasteiger partial charge in [-0.15, -0.1) is 0 Å². The number of Topliss-reactive ketones (excluding diaryl/α,β-unsaturated/α-hetero) is 1. The average Bonchev–Trinajstić information content (AvgIpc) is 3.33. The fraction of sp³-hybridized carbons (Fsp3) is 0.160. The lowest BCUT2D eigenvalue weighted by molar-refractivity contribution is -0.384. The lowest BCUT2D eigenvalue weighted by Gasteiger charge is -2.18. The van der Waals surface area contributed by atoms with E-state index in [2.05, 4.69) is 10.2 Å². The Labute approximate surface area is 190 Å². The summed E-state index contributed by atoms with van der Waals surface area (Å²) in [5, 5.41) is 20.4. The highest BCUT2D eigenvalue weighted by atomic mass is 16.6. The second kappa shape index (κ2) is 9.44. The van der Waals surface area contributed by atoms with Gasteiger partial charge in [-0.25, -0.2) is 0 Å². The smallest absolute Gasteiger partial charge is 0.278 e. The molecule has 0 spiro atoms. The summed E-state index contributed by atoms with van der Waals surface area (Å²) < 4.78 is 5.17. The molecule has 1 unspecified atom stereocenters. The third-order valence-electron chi connectivity index (χ3n) is 5.50. The van der Waals surface area contributed by atoms with Gasteiger partial charge in [0, 0.05) is 18.1 Å². The molecule has 4 rings (SSSR count). The fourth-order valence-corrected chi connectivity index (χ4v) is 3.75. The van der Waals surface area contributed by atoms with Crippen molar-refractivity contribution in [2.75, 3.05) is 7.11 Å². The van der Waals surface area contributed by atoms with E-state index in [-0.39, 0.29) is 17.9 Å². The van der Waals surface area contributed by atoms with Gasteiger partial charge in [0.2, 0.25) is 0 Å². The number of aryl methyl sites for hydroxylation is 1. The van der Waals surface area contributed by atoms with Crippen molar-refractivity contribution in [3.8, 4) is 17.0 Å². The summed E-state index contributed by atoms with van der Waals surface area (Å²) in [7, 11) is 1.57. The number of aromatic nitrogens is 3. The highest BCUT2D eigenvalue weighted by molar-refractivity contribution is 5.96. The normalized spacial score (nSPS) is 11.7. The predicted molar refractivity (Wildman–Crippen MR) is 123 cm³/mol. The third kappa shape index (κ3) is 4.64.